The van der Waals surface area contributed by atoms with Gasteiger partial charge in [-0.1, -0.05) is 0 Å². The predicted molar refractivity (Wildman–Crippen MR) is 90.6 cm³/mol. The van der Waals surface area contributed by atoms with Crippen LogP contribution in [0.4, 0.5) is 0 Å². The third kappa shape index (κ3) is 4.57. The van der Waals surface area contributed by atoms with Gasteiger partial charge in [0.05, 0.1) is 12.8 Å². The fourth-order valence-corrected chi connectivity index (χ4v) is 4.53. The van der Waals surface area contributed by atoms with Crippen LogP contribution in [0.2, 0.25) is 0 Å². The Kier molecular flexibility index (Phi) is 5.05. The van der Waals surface area contributed by atoms with Crippen molar-refractivity contribution >= 4 is 21.4 Å². The van der Waals surface area contributed by atoms with Crippen molar-refractivity contribution in [3.8, 4) is 0 Å². The lowest BCUT2D eigenvalue weighted by Crippen LogP contribution is -2.45. The molecule has 8 heteroatoms. The average molecular weight is 352 g/mol. The van der Waals surface area contributed by atoms with Crippen LogP contribution < -0.4 is 4.72 Å². The van der Waals surface area contributed by atoms with Crippen LogP contribution in [0.15, 0.2) is 36.1 Å². The lowest BCUT2D eigenvalue weighted by molar-refractivity contribution is 0.230. The third-order valence-electron chi connectivity index (χ3n) is 4.04. The maximum Gasteiger partial charge on any atom is 0.209 e. The van der Waals surface area contributed by atoms with Crippen molar-refractivity contribution in [3.63, 3.8) is 0 Å². The number of rotatable bonds is 6. The Morgan fingerprint density at radius 2 is 2.13 bits per heavy atom. The van der Waals surface area contributed by atoms with Crippen molar-refractivity contribution in [1.82, 2.24) is 19.6 Å². The lowest BCUT2D eigenvalue weighted by atomic mass is 10.0. The fraction of sp³-hybridized carbons (Fsp3) is 0.467. The molecule has 2 atom stereocenters. The number of hydrogen-bond donors (Lipinski definition) is 1. The molecule has 1 saturated heterocycles. The molecule has 2 aromatic heterocycles. The van der Waals surface area contributed by atoms with Crippen LogP contribution in [0, 0.1) is 0 Å². The molecule has 0 aromatic carbocycles. The van der Waals surface area contributed by atoms with Crippen LogP contribution in [0.5, 0.6) is 0 Å². The van der Waals surface area contributed by atoms with Crippen LogP contribution in [-0.2, 0) is 23.0 Å². The summed E-state index contributed by atoms with van der Waals surface area (Å²) in [7, 11) is -3.22. The van der Waals surface area contributed by atoms with Crippen LogP contribution in [0.25, 0.3) is 0 Å². The molecule has 3 rings (SSSR count). The Morgan fingerprint density at radius 1 is 1.35 bits per heavy atom. The van der Waals surface area contributed by atoms with Crippen molar-refractivity contribution < 1.29 is 8.42 Å². The maximum absolute atomic E-state index is 11.7. The van der Waals surface area contributed by atoms with Gasteiger partial charge in [0, 0.05) is 42.6 Å². The summed E-state index contributed by atoms with van der Waals surface area (Å²) in [5.74, 6) is 0. The minimum absolute atomic E-state index is 0.0712. The van der Waals surface area contributed by atoms with E-state index < -0.39 is 10.0 Å². The number of nitrogens with zero attached hydrogens (tertiary/aromatic N) is 3. The molecule has 23 heavy (non-hydrogen) atoms. The number of pyridine rings is 1. The van der Waals surface area contributed by atoms with Crippen LogP contribution in [0.1, 0.15) is 17.0 Å². The summed E-state index contributed by atoms with van der Waals surface area (Å²) >= 11 is 1.63. The molecular weight excluding hydrogens is 332 g/mol. The zero-order valence-electron chi connectivity index (χ0n) is 12.9. The molecule has 0 saturated carbocycles. The first kappa shape index (κ1) is 16.5. The summed E-state index contributed by atoms with van der Waals surface area (Å²) in [4.78, 5) is 10.7. The number of aromatic nitrogens is 2. The van der Waals surface area contributed by atoms with E-state index in [4.69, 9.17) is 0 Å². The molecule has 2 aromatic rings. The van der Waals surface area contributed by atoms with E-state index in [1.54, 1.807) is 29.9 Å². The molecule has 0 radical (unpaired) electrons. The van der Waals surface area contributed by atoms with E-state index in [9.17, 15) is 8.42 Å². The molecule has 3 heterocycles. The maximum atomic E-state index is 11.7. The monoisotopic (exact) mass is 352 g/mol. The zero-order chi connectivity index (χ0) is 16.3. The largest absolute Gasteiger partial charge is 0.292 e. The number of hydrogen-bond acceptors (Lipinski definition) is 6. The number of likely N-dealkylation sites (tertiary alicyclic amines) is 1. The zero-order valence-corrected chi connectivity index (χ0v) is 14.6. The van der Waals surface area contributed by atoms with E-state index in [1.165, 1.54) is 6.26 Å². The molecule has 6 nitrogen and oxygen atoms in total. The first-order valence-corrected chi connectivity index (χ1v) is 10.3. The molecular formula is C15H20N4O2S2. The van der Waals surface area contributed by atoms with Crippen molar-refractivity contribution in [2.45, 2.75) is 31.5 Å². The Hall–Kier alpha value is -1.35. The van der Waals surface area contributed by atoms with Gasteiger partial charge in [-0.05, 0) is 30.5 Å². The van der Waals surface area contributed by atoms with Gasteiger partial charge in [0.2, 0.25) is 10.0 Å². The average Bonchev–Trinajstić information content (AvgIpc) is 3.12. The highest BCUT2D eigenvalue weighted by atomic mass is 32.2. The molecule has 0 aliphatic carbocycles. The van der Waals surface area contributed by atoms with Gasteiger partial charge in [-0.15, -0.1) is 11.3 Å². The molecule has 0 amide bonds. The highest BCUT2D eigenvalue weighted by Gasteiger charge is 2.35. The quantitative estimate of drug-likeness (QED) is 0.847. The third-order valence-corrected chi connectivity index (χ3v) is 5.54. The molecule has 1 aliphatic heterocycles. The molecule has 1 aliphatic rings. The van der Waals surface area contributed by atoms with Gasteiger partial charge in [-0.25, -0.2) is 18.1 Å². The number of thiazole rings is 1. The van der Waals surface area contributed by atoms with Crippen LogP contribution in [0.3, 0.4) is 0 Å². The first-order valence-electron chi connectivity index (χ1n) is 7.50. The smallest absolute Gasteiger partial charge is 0.209 e. The second-order valence-corrected chi connectivity index (χ2v) is 8.57. The molecule has 0 spiro atoms. The Morgan fingerprint density at radius 3 is 2.78 bits per heavy atom. The lowest BCUT2D eigenvalue weighted by Gasteiger charge is -2.27. The summed E-state index contributed by atoms with van der Waals surface area (Å²) in [6.07, 6.45) is 8.18. The minimum atomic E-state index is -3.22. The van der Waals surface area contributed by atoms with E-state index in [2.05, 4.69) is 19.6 Å². The molecule has 1 N–H and O–H groups in total. The van der Waals surface area contributed by atoms with Crippen molar-refractivity contribution in [3.05, 3.63) is 46.7 Å². The summed E-state index contributed by atoms with van der Waals surface area (Å²) in [6, 6.07) is 4.02. The Balaban J connectivity index is 1.78. The predicted octanol–water partition coefficient (Wildman–Crippen LogP) is 1.27. The topological polar surface area (TPSA) is 75.2 Å². The normalized spacial score (nSPS) is 22.5. The van der Waals surface area contributed by atoms with Crippen molar-refractivity contribution in [2.24, 2.45) is 0 Å². The Bertz CT molecular complexity index is 719. The summed E-state index contributed by atoms with van der Waals surface area (Å²) in [5, 5.41) is 3.03. The highest BCUT2D eigenvalue weighted by Crippen LogP contribution is 2.25. The van der Waals surface area contributed by atoms with Gasteiger partial charge < -0.3 is 0 Å². The second-order valence-electron chi connectivity index (χ2n) is 5.81. The van der Waals surface area contributed by atoms with Crippen molar-refractivity contribution in [2.75, 3.05) is 12.8 Å². The van der Waals surface area contributed by atoms with Crippen LogP contribution in [-0.4, -0.2) is 48.2 Å². The fourth-order valence-electron chi connectivity index (χ4n) is 3.06. The second kappa shape index (κ2) is 7.04. The van der Waals surface area contributed by atoms with Gasteiger partial charge >= 0.3 is 0 Å². The summed E-state index contributed by atoms with van der Waals surface area (Å²) in [6.45, 7) is 1.62. The summed E-state index contributed by atoms with van der Waals surface area (Å²) in [5.41, 5.74) is 1.16. The van der Waals surface area contributed by atoms with Crippen LogP contribution >= 0.6 is 11.3 Å². The minimum Gasteiger partial charge on any atom is -0.292 e. The van der Waals surface area contributed by atoms with E-state index >= 15 is 0 Å². The van der Waals surface area contributed by atoms with E-state index in [1.807, 2.05) is 17.5 Å². The van der Waals surface area contributed by atoms with Gasteiger partial charge in [0.15, 0.2) is 0 Å². The molecule has 1 fully saturated rings. The molecule has 124 valence electrons. The summed E-state index contributed by atoms with van der Waals surface area (Å²) < 4.78 is 26.1. The van der Waals surface area contributed by atoms with E-state index in [0.717, 1.165) is 36.5 Å². The van der Waals surface area contributed by atoms with Gasteiger partial charge in [-0.3, -0.25) is 9.88 Å². The standard InChI is InChI=1S/C15H20N4O2S2/c1-23(20,21)18-13-4-8-19(11-15-17-7-9-22-15)14(13)10-12-2-5-16-6-3-12/h2-3,5-7,9,13-14,18H,4,8,10-11H2,1H3/t13-,14+/m1/s1. The SMILES string of the molecule is CS(=O)(=O)N[C@@H]1CCN(Cc2nccs2)[C@H]1Cc1ccncc1. The van der Waals surface area contributed by atoms with Gasteiger partial charge in [0.1, 0.15) is 5.01 Å². The first-order chi connectivity index (χ1) is 11.0. The van der Waals surface area contributed by atoms with Gasteiger partial charge in [-0.2, -0.15) is 0 Å². The molecule has 0 unspecified atom stereocenters. The number of sulfonamides is 1. The highest BCUT2D eigenvalue weighted by molar-refractivity contribution is 7.88. The van der Waals surface area contributed by atoms with Gasteiger partial charge in [0.25, 0.3) is 0 Å². The number of nitrogens with one attached hydrogen (secondary N) is 1. The van der Waals surface area contributed by atoms with E-state index in [0.29, 0.717) is 0 Å². The van der Waals surface area contributed by atoms with Crippen molar-refractivity contribution in [1.29, 1.82) is 0 Å². The van der Waals surface area contributed by atoms with E-state index in [-0.39, 0.29) is 12.1 Å². The molecule has 0 bridgehead atoms. The Labute approximate surface area is 140 Å².